The highest BCUT2D eigenvalue weighted by Gasteiger charge is 2.58. The molecule has 2 saturated heterocycles. The van der Waals surface area contributed by atoms with Crippen LogP contribution < -0.4 is 0 Å². The summed E-state index contributed by atoms with van der Waals surface area (Å²) < 4.78 is 66.5. The molecule has 2 fully saturated rings. The number of hydrogen-bond acceptors (Lipinski definition) is 19. The Morgan fingerprint density at radius 3 is 1.63 bits per heavy atom. The van der Waals surface area contributed by atoms with Crippen molar-refractivity contribution in [2.45, 2.75) is 113 Å². The summed E-state index contributed by atoms with van der Waals surface area (Å²) in [5, 5.41) is 10.4. The minimum Gasteiger partial charge on any atom is -0.463 e. The fraction of sp³-hybridized carbons (Fsp3) is 0.537. The van der Waals surface area contributed by atoms with Crippen molar-refractivity contribution in [3.63, 3.8) is 0 Å². The molecule has 4 rings (SSSR count). The summed E-state index contributed by atoms with van der Waals surface area (Å²) in [4.78, 5) is 74.5. The number of benzene rings is 2. The normalized spacial score (nSPS) is 26.0. The summed E-state index contributed by atoms with van der Waals surface area (Å²) in [5.41, 5.74) is 0.953. The summed E-state index contributed by atoms with van der Waals surface area (Å²) in [6.45, 7) is 5.49. The molecule has 0 saturated carbocycles. The molecule has 63 heavy (non-hydrogen) atoms. The van der Waals surface area contributed by atoms with Gasteiger partial charge in [0, 0.05) is 41.5 Å². The van der Waals surface area contributed by atoms with Crippen molar-refractivity contribution in [1.82, 2.24) is 0 Å². The average Bonchev–Trinajstić information content (AvgIpc) is 3.18. The Bertz CT molecular complexity index is 1980. The standard InChI is InChI=1S/C41H48Cl3NO18/c1-21(46)54-19-30-32(56-23(3)48)34(53-16-10-9-15-52-18-27-13-14-28-11-7-8-12-29(28)17-27)36(58-25(5)50)38(60-30)62-35-33(57-24(4)49)31(20-55-22(2)47)61-39(37(35)59-26(6)51)63-40(45)41(42,43)44/h7-14,17,30-39,45H,15-16,18-20H2,1-6H3/b10-9-,45-40?/t30-,31-,32-,33-,34+,35+,36-,37-,38+,39-/m1/s1. The van der Waals surface area contributed by atoms with Gasteiger partial charge in [-0.1, -0.05) is 83.4 Å². The largest absolute Gasteiger partial charge is 0.463 e. The van der Waals surface area contributed by atoms with Crippen LogP contribution in [0.15, 0.2) is 54.6 Å². The number of rotatable bonds is 18. The Labute approximate surface area is 377 Å². The Morgan fingerprint density at radius 1 is 0.603 bits per heavy atom. The quantitative estimate of drug-likeness (QED) is 0.0416. The zero-order valence-electron chi connectivity index (χ0n) is 35.0. The lowest BCUT2D eigenvalue weighted by Gasteiger charge is -2.49. The van der Waals surface area contributed by atoms with Crippen LogP contribution in [0.5, 0.6) is 0 Å². The van der Waals surface area contributed by atoms with E-state index < -0.39 is 120 Å². The SMILES string of the molecule is CC(=O)OC[C@H]1O[C@@H](O[C@@H]2[C@@H](OC(C)=O)[C@@H](OC(=N)C(Cl)(Cl)Cl)O[C@H](COC(C)=O)[C@H]2OC(C)=O)[C@H](OC(C)=O)[C@@H](OC/C=C\COCc2ccc3ccccc3c2)[C@@H]1OC(C)=O. The molecular formula is C41H48Cl3NO18. The molecular weight excluding hydrogens is 901 g/mol. The third kappa shape index (κ3) is 15.9. The van der Waals surface area contributed by atoms with Crippen LogP contribution in [0.25, 0.3) is 10.8 Å². The number of carbonyl (C=O) groups excluding carboxylic acids is 6. The number of ether oxygens (including phenoxy) is 12. The lowest BCUT2D eigenvalue weighted by Crippen LogP contribution is -2.67. The van der Waals surface area contributed by atoms with E-state index >= 15 is 0 Å². The fourth-order valence-corrected chi connectivity index (χ4v) is 6.62. The molecule has 10 atom stereocenters. The van der Waals surface area contributed by atoms with Crippen molar-refractivity contribution in [1.29, 1.82) is 5.41 Å². The van der Waals surface area contributed by atoms with Gasteiger partial charge in [-0.3, -0.25) is 34.2 Å². The van der Waals surface area contributed by atoms with Gasteiger partial charge in [-0.15, -0.1) is 0 Å². The highest BCUT2D eigenvalue weighted by atomic mass is 35.6. The minimum absolute atomic E-state index is 0.165. The molecule has 0 amide bonds. The topological polar surface area (TPSA) is 237 Å². The van der Waals surface area contributed by atoms with Crippen LogP contribution >= 0.6 is 34.8 Å². The number of fused-ring (bicyclic) bond motifs is 1. The number of nitrogens with one attached hydrogen (secondary N) is 1. The molecule has 0 aromatic heterocycles. The Kier molecular flexibility index (Phi) is 19.4. The number of esters is 6. The molecule has 1 N–H and O–H groups in total. The maximum atomic E-state index is 12.8. The predicted octanol–water partition coefficient (Wildman–Crippen LogP) is 4.35. The van der Waals surface area contributed by atoms with E-state index in [1.807, 2.05) is 42.5 Å². The third-order valence-electron chi connectivity index (χ3n) is 8.92. The number of hydrogen-bond donors (Lipinski definition) is 1. The van der Waals surface area contributed by atoms with Crippen molar-refractivity contribution >= 4 is 87.3 Å². The van der Waals surface area contributed by atoms with Crippen LogP contribution in [-0.2, 0) is 92.2 Å². The minimum atomic E-state index is -2.47. The van der Waals surface area contributed by atoms with E-state index in [-0.39, 0.29) is 13.2 Å². The van der Waals surface area contributed by atoms with Crippen LogP contribution in [0.4, 0.5) is 0 Å². The molecule has 2 aromatic carbocycles. The first-order chi connectivity index (χ1) is 29.7. The Hall–Kier alpha value is -4.60. The summed E-state index contributed by atoms with van der Waals surface area (Å²) in [6, 6.07) is 13.9. The van der Waals surface area contributed by atoms with E-state index in [2.05, 4.69) is 0 Å². The zero-order chi connectivity index (χ0) is 46.4. The first kappa shape index (κ1) is 51.0. The van der Waals surface area contributed by atoms with Crippen molar-refractivity contribution in [2.24, 2.45) is 0 Å². The van der Waals surface area contributed by atoms with Crippen molar-refractivity contribution in [3.8, 4) is 0 Å². The summed E-state index contributed by atoms with van der Waals surface area (Å²) in [6.07, 6.45) is -13.1. The second-order valence-electron chi connectivity index (χ2n) is 14.0. The van der Waals surface area contributed by atoms with E-state index in [4.69, 9.17) is 97.1 Å². The first-order valence-electron chi connectivity index (χ1n) is 19.3. The van der Waals surface area contributed by atoms with Gasteiger partial charge in [-0.2, -0.15) is 0 Å². The maximum Gasteiger partial charge on any atom is 0.303 e. The molecule has 0 spiro atoms. The number of alkyl halides is 3. The van der Waals surface area contributed by atoms with E-state index in [9.17, 15) is 28.8 Å². The second kappa shape index (κ2) is 23.9. The van der Waals surface area contributed by atoms with E-state index in [0.717, 1.165) is 57.9 Å². The lowest BCUT2D eigenvalue weighted by molar-refractivity contribution is -0.358. The van der Waals surface area contributed by atoms with Gasteiger partial charge in [0.05, 0.1) is 19.8 Å². The lowest BCUT2D eigenvalue weighted by atomic mass is 9.96. The van der Waals surface area contributed by atoms with Gasteiger partial charge in [0.2, 0.25) is 12.2 Å². The molecule has 2 aliphatic rings. The average molecular weight is 949 g/mol. The Morgan fingerprint density at radius 2 is 1.10 bits per heavy atom. The van der Waals surface area contributed by atoms with Crippen molar-refractivity contribution in [2.75, 3.05) is 26.4 Å². The molecule has 0 bridgehead atoms. The molecule has 19 nitrogen and oxygen atoms in total. The van der Waals surface area contributed by atoms with Gasteiger partial charge < -0.3 is 56.8 Å². The predicted molar refractivity (Wildman–Crippen MR) is 219 cm³/mol. The monoisotopic (exact) mass is 947 g/mol. The van der Waals surface area contributed by atoms with Gasteiger partial charge in [0.15, 0.2) is 30.7 Å². The van der Waals surface area contributed by atoms with Crippen LogP contribution in [-0.4, -0.2) is 133 Å². The van der Waals surface area contributed by atoms with E-state index in [1.54, 1.807) is 12.2 Å². The maximum absolute atomic E-state index is 12.8. The summed E-state index contributed by atoms with van der Waals surface area (Å²) in [7, 11) is 0. The molecule has 0 radical (unpaired) electrons. The molecule has 2 heterocycles. The first-order valence-corrected chi connectivity index (χ1v) is 20.4. The fourth-order valence-electron chi connectivity index (χ4n) is 6.49. The third-order valence-corrected chi connectivity index (χ3v) is 9.44. The second-order valence-corrected chi connectivity index (χ2v) is 16.3. The van der Waals surface area contributed by atoms with Gasteiger partial charge in [0.25, 0.3) is 3.79 Å². The van der Waals surface area contributed by atoms with Crippen molar-refractivity contribution in [3.05, 3.63) is 60.2 Å². The van der Waals surface area contributed by atoms with Gasteiger partial charge in [-0.25, -0.2) is 0 Å². The van der Waals surface area contributed by atoms with Crippen molar-refractivity contribution < 1.29 is 85.6 Å². The van der Waals surface area contributed by atoms with Gasteiger partial charge in [-0.05, 0) is 22.4 Å². The molecule has 22 heteroatoms. The van der Waals surface area contributed by atoms with E-state index in [0.29, 0.717) is 6.61 Å². The molecule has 0 unspecified atom stereocenters. The van der Waals surface area contributed by atoms with Crippen LogP contribution in [0.1, 0.15) is 47.1 Å². The highest BCUT2D eigenvalue weighted by molar-refractivity contribution is 6.76. The van der Waals surface area contributed by atoms with E-state index in [1.165, 1.54) is 0 Å². The molecule has 0 aliphatic carbocycles. The van der Waals surface area contributed by atoms with Crippen LogP contribution in [0, 0.1) is 5.41 Å². The summed E-state index contributed by atoms with van der Waals surface area (Å²) in [5.74, 6) is -6.14. The molecule has 2 aromatic rings. The summed E-state index contributed by atoms with van der Waals surface area (Å²) >= 11 is 17.7. The van der Waals surface area contributed by atoms with Gasteiger partial charge >= 0.3 is 35.8 Å². The number of halogens is 3. The number of carbonyl (C=O) groups is 6. The Balaban J connectivity index is 1.71. The molecule has 346 valence electrons. The zero-order valence-corrected chi connectivity index (χ0v) is 37.3. The molecule has 2 aliphatic heterocycles. The smallest absolute Gasteiger partial charge is 0.303 e. The highest BCUT2D eigenvalue weighted by Crippen LogP contribution is 2.37. The van der Waals surface area contributed by atoms with Crippen LogP contribution in [0.2, 0.25) is 0 Å². The van der Waals surface area contributed by atoms with Crippen LogP contribution in [0.3, 0.4) is 0 Å². The van der Waals surface area contributed by atoms with Gasteiger partial charge in [0.1, 0.15) is 37.6 Å².